The first-order chi connectivity index (χ1) is 7.65. The molecule has 0 bridgehead atoms. The van der Waals surface area contributed by atoms with Crippen LogP contribution in [-0.2, 0) is 6.42 Å². The van der Waals surface area contributed by atoms with Gasteiger partial charge in [-0.1, -0.05) is 15.9 Å². The minimum Gasteiger partial charge on any atom is -0.207 e. The molecule has 1 aromatic rings. The van der Waals surface area contributed by atoms with Crippen LogP contribution in [0.1, 0.15) is 31.2 Å². The summed E-state index contributed by atoms with van der Waals surface area (Å²) in [6, 6.07) is 3.76. The summed E-state index contributed by atoms with van der Waals surface area (Å²) < 4.78 is 25.8. The van der Waals surface area contributed by atoms with E-state index < -0.39 is 11.6 Å². The molecule has 0 spiro atoms. The summed E-state index contributed by atoms with van der Waals surface area (Å²) in [6.45, 7) is 0. The van der Waals surface area contributed by atoms with Crippen molar-refractivity contribution in [2.45, 2.75) is 36.9 Å². The summed E-state index contributed by atoms with van der Waals surface area (Å²) in [5, 5.41) is 0. The highest BCUT2D eigenvalue weighted by molar-refractivity contribution is 9.09. The predicted molar refractivity (Wildman–Crippen MR) is 64.7 cm³/mol. The molecule has 0 heterocycles. The van der Waals surface area contributed by atoms with Gasteiger partial charge in [0.05, 0.1) is 0 Å². The number of halogens is 3. The minimum absolute atomic E-state index is 0.479. The molecule has 1 atom stereocenters. The molecule has 0 amide bonds. The largest absolute Gasteiger partial charge is 0.207 e. The Morgan fingerprint density at radius 1 is 1.19 bits per heavy atom. The molecule has 88 valence electrons. The normalized spacial score (nSPS) is 17.4. The first kappa shape index (κ1) is 12.0. The van der Waals surface area contributed by atoms with Crippen LogP contribution >= 0.6 is 15.9 Å². The highest BCUT2D eigenvalue weighted by atomic mass is 79.9. The number of hydrogen-bond acceptors (Lipinski definition) is 0. The molecular formula is C13H15BrF2. The van der Waals surface area contributed by atoms with E-state index in [1.807, 2.05) is 0 Å². The van der Waals surface area contributed by atoms with E-state index in [1.165, 1.54) is 25.0 Å². The monoisotopic (exact) mass is 288 g/mol. The van der Waals surface area contributed by atoms with E-state index in [0.717, 1.165) is 36.8 Å². The molecule has 1 aliphatic rings. The molecule has 0 N–H and O–H groups in total. The molecule has 1 aliphatic carbocycles. The standard InChI is InChI=1S/C13H15BrF2/c14-13(10-4-5-10)3-1-2-9-6-11(15)8-12(16)7-9/h6-8,10,13H,1-5H2. The molecule has 1 aromatic carbocycles. The summed E-state index contributed by atoms with van der Waals surface area (Å²) in [5.41, 5.74) is 0.757. The van der Waals surface area contributed by atoms with Crippen molar-refractivity contribution in [3.63, 3.8) is 0 Å². The second-order valence-electron chi connectivity index (χ2n) is 4.52. The Hall–Kier alpha value is -0.440. The fraction of sp³-hybridized carbons (Fsp3) is 0.538. The van der Waals surface area contributed by atoms with E-state index >= 15 is 0 Å². The van der Waals surface area contributed by atoms with Crippen LogP contribution in [0.15, 0.2) is 18.2 Å². The van der Waals surface area contributed by atoms with Crippen molar-refractivity contribution >= 4 is 15.9 Å². The molecule has 0 aromatic heterocycles. The van der Waals surface area contributed by atoms with Crippen LogP contribution in [-0.4, -0.2) is 4.83 Å². The Kier molecular flexibility index (Phi) is 3.95. The molecular weight excluding hydrogens is 274 g/mol. The van der Waals surface area contributed by atoms with E-state index in [2.05, 4.69) is 15.9 Å². The van der Waals surface area contributed by atoms with Gasteiger partial charge in [-0.25, -0.2) is 8.78 Å². The Labute approximate surface area is 103 Å². The molecule has 1 saturated carbocycles. The van der Waals surface area contributed by atoms with E-state index in [0.29, 0.717) is 4.83 Å². The van der Waals surface area contributed by atoms with E-state index in [9.17, 15) is 8.78 Å². The summed E-state index contributed by atoms with van der Waals surface area (Å²) in [4.78, 5) is 0.589. The zero-order valence-electron chi connectivity index (χ0n) is 9.06. The number of rotatable bonds is 5. The van der Waals surface area contributed by atoms with Crippen molar-refractivity contribution < 1.29 is 8.78 Å². The average molecular weight is 289 g/mol. The molecule has 0 aliphatic heterocycles. The number of aryl methyl sites for hydroxylation is 1. The summed E-state index contributed by atoms with van der Waals surface area (Å²) in [7, 11) is 0. The summed E-state index contributed by atoms with van der Waals surface area (Å²) in [6.07, 6.45) is 5.47. The molecule has 0 saturated heterocycles. The van der Waals surface area contributed by atoms with Crippen LogP contribution in [0.4, 0.5) is 8.78 Å². The smallest absolute Gasteiger partial charge is 0.126 e. The van der Waals surface area contributed by atoms with Crippen molar-refractivity contribution in [1.29, 1.82) is 0 Å². The average Bonchev–Trinajstić information content (AvgIpc) is 2.98. The van der Waals surface area contributed by atoms with Crippen LogP contribution in [0.5, 0.6) is 0 Å². The van der Waals surface area contributed by atoms with Crippen LogP contribution in [0.25, 0.3) is 0 Å². The Balaban J connectivity index is 1.79. The summed E-state index contributed by atoms with van der Waals surface area (Å²) in [5.74, 6) is -0.121. The van der Waals surface area contributed by atoms with E-state index in [1.54, 1.807) is 0 Å². The lowest BCUT2D eigenvalue weighted by Gasteiger charge is -2.07. The fourth-order valence-electron chi connectivity index (χ4n) is 1.95. The van der Waals surface area contributed by atoms with Crippen molar-refractivity contribution in [2.75, 3.05) is 0 Å². The first-order valence-electron chi connectivity index (χ1n) is 5.74. The lowest BCUT2D eigenvalue weighted by atomic mass is 10.1. The number of hydrogen-bond donors (Lipinski definition) is 0. The van der Waals surface area contributed by atoms with Crippen LogP contribution in [0, 0.1) is 17.6 Å². The van der Waals surface area contributed by atoms with Gasteiger partial charge in [-0.15, -0.1) is 0 Å². The zero-order valence-corrected chi connectivity index (χ0v) is 10.6. The van der Waals surface area contributed by atoms with Gasteiger partial charge in [-0.05, 0) is 55.7 Å². The van der Waals surface area contributed by atoms with Crippen molar-refractivity contribution in [2.24, 2.45) is 5.92 Å². The van der Waals surface area contributed by atoms with Gasteiger partial charge in [0.15, 0.2) is 0 Å². The first-order valence-corrected chi connectivity index (χ1v) is 6.66. The Morgan fingerprint density at radius 3 is 2.38 bits per heavy atom. The summed E-state index contributed by atoms with van der Waals surface area (Å²) >= 11 is 3.66. The Morgan fingerprint density at radius 2 is 1.81 bits per heavy atom. The topological polar surface area (TPSA) is 0 Å². The maximum atomic E-state index is 12.9. The third-order valence-corrected chi connectivity index (χ3v) is 4.21. The second-order valence-corrected chi connectivity index (χ2v) is 5.70. The zero-order chi connectivity index (χ0) is 11.5. The van der Waals surface area contributed by atoms with Crippen LogP contribution < -0.4 is 0 Å². The lowest BCUT2D eigenvalue weighted by molar-refractivity contribution is 0.576. The fourth-order valence-corrected chi connectivity index (χ4v) is 2.80. The van der Waals surface area contributed by atoms with Gasteiger partial charge in [0.1, 0.15) is 11.6 Å². The highest BCUT2D eigenvalue weighted by Gasteiger charge is 2.28. The van der Waals surface area contributed by atoms with E-state index in [-0.39, 0.29) is 0 Å². The molecule has 1 unspecified atom stereocenters. The lowest BCUT2D eigenvalue weighted by Crippen LogP contribution is -2.01. The van der Waals surface area contributed by atoms with Crippen molar-refractivity contribution in [3.8, 4) is 0 Å². The maximum Gasteiger partial charge on any atom is 0.126 e. The maximum absolute atomic E-state index is 12.9. The van der Waals surface area contributed by atoms with Gasteiger partial charge < -0.3 is 0 Å². The predicted octanol–water partition coefficient (Wildman–Crippen LogP) is 4.46. The number of benzene rings is 1. The Bertz CT molecular complexity index is 341. The van der Waals surface area contributed by atoms with Gasteiger partial charge in [-0.2, -0.15) is 0 Å². The molecule has 0 nitrogen and oxygen atoms in total. The molecule has 1 fully saturated rings. The third-order valence-electron chi connectivity index (χ3n) is 3.00. The SMILES string of the molecule is Fc1cc(F)cc(CCCC(Br)C2CC2)c1. The van der Waals surface area contributed by atoms with Gasteiger partial charge >= 0.3 is 0 Å². The minimum atomic E-state index is -0.479. The molecule has 16 heavy (non-hydrogen) atoms. The van der Waals surface area contributed by atoms with Crippen LogP contribution in [0.3, 0.4) is 0 Å². The van der Waals surface area contributed by atoms with Gasteiger partial charge in [0, 0.05) is 10.9 Å². The van der Waals surface area contributed by atoms with Gasteiger partial charge in [0.2, 0.25) is 0 Å². The van der Waals surface area contributed by atoms with Gasteiger partial charge in [-0.3, -0.25) is 0 Å². The third kappa shape index (κ3) is 3.55. The van der Waals surface area contributed by atoms with Crippen molar-refractivity contribution in [1.82, 2.24) is 0 Å². The van der Waals surface area contributed by atoms with E-state index in [4.69, 9.17) is 0 Å². The van der Waals surface area contributed by atoms with Crippen molar-refractivity contribution in [3.05, 3.63) is 35.4 Å². The molecule has 0 radical (unpaired) electrons. The molecule has 2 rings (SSSR count). The molecule has 3 heteroatoms. The quantitative estimate of drug-likeness (QED) is 0.702. The second kappa shape index (κ2) is 5.26. The highest BCUT2D eigenvalue weighted by Crippen LogP contribution is 2.38. The van der Waals surface area contributed by atoms with Crippen LogP contribution in [0.2, 0.25) is 0 Å². The van der Waals surface area contributed by atoms with Gasteiger partial charge in [0.25, 0.3) is 0 Å². The number of alkyl halides is 1.